The molecular weight excluding hydrogens is 178 g/mol. The Hall–Kier alpha value is -0.590. The molecule has 0 N–H and O–H groups in total. The van der Waals surface area contributed by atoms with Crippen molar-refractivity contribution in [3.63, 3.8) is 0 Å². The van der Waals surface area contributed by atoms with Crippen molar-refractivity contribution in [2.24, 2.45) is 0 Å². The van der Waals surface area contributed by atoms with Crippen LogP contribution in [0.15, 0.2) is 0 Å². The highest BCUT2D eigenvalue weighted by atomic mass is 16.7. The molecule has 1 aliphatic heterocycles. The van der Waals surface area contributed by atoms with Crippen molar-refractivity contribution in [2.75, 3.05) is 0 Å². The van der Waals surface area contributed by atoms with Crippen LogP contribution in [-0.4, -0.2) is 18.0 Å². The van der Waals surface area contributed by atoms with Gasteiger partial charge in [-0.2, -0.15) is 5.26 Å². The molecule has 0 aromatic rings. The molecule has 80 valence electrons. The third-order valence-electron chi connectivity index (χ3n) is 2.40. The molecular formula is C11H19NO2. The minimum Gasteiger partial charge on any atom is -0.343 e. The quantitative estimate of drug-likeness (QED) is 0.650. The molecule has 0 unspecified atom stereocenters. The Morgan fingerprint density at radius 3 is 2.57 bits per heavy atom. The number of unbranched alkanes of at least 4 members (excludes halogenated alkanes) is 2. The maximum absolute atomic E-state index is 8.87. The van der Waals surface area contributed by atoms with Crippen LogP contribution in [0.1, 0.15) is 46.5 Å². The summed E-state index contributed by atoms with van der Waals surface area (Å²) in [6, 6.07) is 2.15. The number of ether oxygens (including phenoxy) is 2. The maximum Gasteiger partial charge on any atom is 0.173 e. The molecule has 1 rings (SSSR count). The van der Waals surface area contributed by atoms with Gasteiger partial charge in [0, 0.05) is 0 Å². The molecule has 0 bridgehead atoms. The van der Waals surface area contributed by atoms with Crippen LogP contribution in [0, 0.1) is 11.3 Å². The first kappa shape index (κ1) is 11.5. The third kappa shape index (κ3) is 2.97. The molecule has 1 aliphatic rings. The normalized spacial score (nSPS) is 30.1. The van der Waals surface area contributed by atoms with E-state index >= 15 is 0 Å². The Morgan fingerprint density at radius 2 is 2.00 bits per heavy atom. The molecule has 0 amide bonds. The van der Waals surface area contributed by atoms with Crippen LogP contribution in [0.3, 0.4) is 0 Å². The maximum atomic E-state index is 8.87. The highest BCUT2D eigenvalue weighted by Gasteiger charge is 2.40. The SMILES string of the molecule is CCCCC[C@H]1OC(C)(C)O[C@H]1C#N. The second-order valence-electron chi connectivity index (χ2n) is 4.22. The van der Waals surface area contributed by atoms with Crippen LogP contribution in [-0.2, 0) is 9.47 Å². The molecule has 0 aliphatic carbocycles. The van der Waals surface area contributed by atoms with Gasteiger partial charge in [0.2, 0.25) is 0 Å². The zero-order valence-electron chi connectivity index (χ0n) is 9.25. The van der Waals surface area contributed by atoms with E-state index in [1.807, 2.05) is 13.8 Å². The Kier molecular flexibility index (Phi) is 3.91. The Labute approximate surface area is 86.0 Å². The summed E-state index contributed by atoms with van der Waals surface area (Å²) in [5.74, 6) is -0.586. The highest BCUT2D eigenvalue weighted by Crippen LogP contribution is 2.30. The van der Waals surface area contributed by atoms with E-state index in [1.54, 1.807) is 0 Å². The Balaban J connectivity index is 2.40. The molecule has 0 spiro atoms. The van der Waals surface area contributed by atoms with E-state index in [4.69, 9.17) is 14.7 Å². The van der Waals surface area contributed by atoms with Gasteiger partial charge in [-0.05, 0) is 20.3 Å². The molecule has 1 fully saturated rings. The lowest BCUT2D eigenvalue weighted by Gasteiger charge is -2.16. The van der Waals surface area contributed by atoms with Crippen molar-refractivity contribution < 1.29 is 9.47 Å². The summed E-state index contributed by atoms with van der Waals surface area (Å²) in [4.78, 5) is 0. The summed E-state index contributed by atoms with van der Waals surface area (Å²) in [6.45, 7) is 5.88. The lowest BCUT2D eigenvalue weighted by Crippen LogP contribution is -2.21. The Bertz CT molecular complexity index is 220. The van der Waals surface area contributed by atoms with Crippen molar-refractivity contribution in [2.45, 2.75) is 64.4 Å². The molecule has 3 heteroatoms. The highest BCUT2D eigenvalue weighted by molar-refractivity contribution is 4.96. The number of nitrogens with zero attached hydrogens (tertiary/aromatic N) is 1. The van der Waals surface area contributed by atoms with E-state index < -0.39 is 5.79 Å². The second-order valence-corrected chi connectivity index (χ2v) is 4.22. The van der Waals surface area contributed by atoms with Gasteiger partial charge in [0.25, 0.3) is 0 Å². The summed E-state index contributed by atoms with van der Waals surface area (Å²) in [7, 11) is 0. The van der Waals surface area contributed by atoms with Gasteiger partial charge in [0.1, 0.15) is 6.10 Å². The largest absolute Gasteiger partial charge is 0.343 e. The van der Waals surface area contributed by atoms with Gasteiger partial charge in [-0.15, -0.1) is 0 Å². The fourth-order valence-corrected chi connectivity index (χ4v) is 1.75. The van der Waals surface area contributed by atoms with E-state index in [9.17, 15) is 0 Å². The van der Waals surface area contributed by atoms with E-state index in [2.05, 4.69) is 13.0 Å². The molecule has 0 aromatic heterocycles. The standard InChI is InChI=1S/C11H19NO2/c1-4-5-6-7-9-10(8-12)14-11(2,3)13-9/h9-10H,4-7H2,1-3H3/t9-,10+/m1/s1. The second kappa shape index (κ2) is 4.77. The summed E-state index contributed by atoms with van der Waals surface area (Å²) in [5.41, 5.74) is 0. The zero-order chi connectivity index (χ0) is 10.6. The molecule has 2 atom stereocenters. The zero-order valence-corrected chi connectivity index (χ0v) is 9.25. The number of nitriles is 1. The predicted molar refractivity (Wildman–Crippen MR) is 53.6 cm³/mol. The number of hydrogen-bond donors (Lipinski definition) is 0. The summed E-state index contributed by atoms with van der Waals surface area (Å²) < 4.78 is 11.1. The molecule has 1 saturated heterocycles. The summed E-state index contributed by atoms with van der Waals surface area (Å²) in [6.07, 6.45) is 3.99. The van der Waals surface area contributed by atoms with E-state index in [-0.39, 0.29) is 12.2 Å². The lowest BCUT2D eigenvalue weighted by atomic mass is 10.1. The fraction of sp³-hybridized carbons (Fsp3) is 0.909. The first-order valence-corrected chi connectivity index (χ1v) is 5.34. The number of rotatable bonds is 4. The number of hydrogen-bond acceptors (Lipinski definition) is 3. The van der Waals surface area contributed by atoms with Crippen molar-refractivity contribution in [3.05, 3.63) is 0 Å². The lowest BCUT2D eigenvalue weighted by molar-refractivity contribution is -0.143. The molecule has 1 heterocycles. The van der Waals surface area contributed by atoms with E-state index in [0.29, 0.717) is 0 Å². The van der Waals surface area contributed by atoms with Gasteiger partial charge in [0.15, 0.2) is 11.9 Å². The molecule has 14 heavy (non-hydrogen) atoms. The van der Waals surface area contributed by atoms with Crippen LogP contribution in [0.5, 0.6) is 0 Å². The molecule has 0 aromatic carbocycles. The van der Waals surface area contributed by atoms with Crippen molar-refractivity contribution in [1.82, 2.24) is 0 Å². The Morgan fingerprint density at radius 1 is 1.29 bits per heavy atom. The van der Waals surface area contributed by atoms with Gasteiger partial charge in [-0.1, -0.05) is 26.2 Å². The average molecular weight is 197 g/mol. The van der Waals surface area contributed by atoms with Gasteiger partial charge in [-0.3, -0.25) is 0 Å². The van der Waals surface area contributed by atoms with Gasteiger partial charge >= 0.3 is 0 Å². The van der Waals surface area contributed by atoms with Gasteiger partial charge in [0.05, 0.1) is 6.07 Å². The van der Waals surface area contributed by atoms with Crippen molar-refractivity contribution >= 4 is 0 Å². The van der Waals surface area contributed by atoms with E-state index in [0.717, 1.165) is 12.8 Å². The van der Waals surface area contributed by atoms with Crippen LogP contribution in [0.2, 0.25) is 0 Å². The minimum atomic E-state index is -0.586. The monoisotopic (exact) mass is 197 g/mol. The van der Waals surface area contributed by atoms with Crippen molar-refractivity contribution in [3.8, 4) is 6.07 Å². The molecule has 0 radical (unpaired) electrons. The smallest absolute Gasteiger partial charge is 0.173 e. The van der Waals surface area contributed by atoms with Crippen molar-refractivity contribution in [1.29, 1.82) is 5.26 Å². The van der Waals surface area contributed by atoms with Gasteiger partial charge < -0.3 is 9.47 Å². The topological polar surface area (TPSA) is 42.2 Å². The molecule has 0 saturated carbocycles. The first-order chi connectivity index (χ1) is 6.59. The fourth-order valence-electron chi connectivity index (χ4n) is 1.75. The average Bonchev–Trinajstić information content (AvgIpc) is 2.41. The third-order valence-corrected chi connectivity index (χ3v) is 2.40. The predicted octanol–water partition coefficient (Wildman–Crippen LogP) is 2.61. The van der Waals surface area contributed by atoms with Crippen LogP contribution >= 0.6 is 0 Å². The van der Waals surface area contributed by atoms with Crippen LogP contribution in [0.25, 0.3) is 0 Å². The minimum absolute atomic E-state index is 0.0402. The van der Waals surface area contributed by atoms with E-state index in [1.165, 1.54) is 12.8 Å². The van der Waals surface area contributed by atoms with Crippen LogP contribution < -0.4 is 0 Å². The van der Waals surface area contributed by atoms with Gasteiger partial charge in [-0.25, -0.2) is 0 Å². The summed E-state index contributed by atoms with van der Waals surface area (Å²) in [5, 5.41) is 8.87. The van der Waals surface area contributed by atoms with Crippen LogP contribution in [0.4, 0.5) is 0 Å². The summed E-state index contributed by atoms with van der Waals surface area (Å²) >= 11 is 0. The molecule has 3 nitrogen and oxygen atoms in total. The first-order valence-electron chi connectivity index (χ1n) is 5.34.